The van der Waals surface area contributed by atoms with E-state index in [0.29, 0.717) is 6.54 Å². The first-order chi connectivity index (χ1) is 9.61. The Bertz CT molecular complexity index is 485. The second-order valence-electron chi connectivity index (χ2n) is 5.15. The van der Waals surface area contributed by atoms with Gasteiger partial charge in [-0.1, -0.05) is 15.9 Å². The van der Waals surface area contributed by atoms with Crippen LogP contribution in [0.5, 0.6) is 5.75 Å². The highest BCUT2D eigenvalue weighted by molar-refractivity contribution is 9.10. The van der Waals surface area contributed by atoms with Crippen molar-refractivity contribution in [1.29, 1.82) is 0 Å². The van der Waals surface area contributed by atoms with E-state index in [1.54, 1.807) is 0 Å². The van der Waals surface area contributed by atoms with Gasteiger partial charge in [0.05, 0.1) is 0 Å². The Morgan fingerprint density at radius 1 is 1.35 bits per heavy atom. The molecule has 0 unspecified atom stereocenters. The highest BCUT2D eigenvalue weighted by Gasteiger charge is 2.18. The molecule has 110 valence electrons. The highest BCUT2D eigenvalue weighted by Crippen LogP contribution is 2.27. The number of nitrogens with two attached hydrogens (primary N) is 1. The van der Waals surface area contributed by atoms with Crippen LogP contribution < -0.4 is 10.5 Å². The Labute approximate surface area is 128 Å². The molecule has 0 aliphatic carbocycles. The van der Waals surface area contributed by atoms with Gasteiger partial charge in [-0.3, -0.25) is 4.79 Å². The van der Waals surface area contributed by atoms with Crippen molar-refractivity contribution in [2.45, 2.75) is 32.7 Å². The van der Waals surface area contributed by atoms with Gasteiger partial charge in [0.1, 0.15) is 5.75 Å². The van der Waals surface area contributed by atoms with Crippen molar-refractivity contribution >= 4 is 21.8 Å². The van der Waals surface area contributed by atoms with Crippen LogP contribution in [0.2, 0.25) is 0 Å². The van der Waals surface area contributed by atoms with Crippen LogP contribution in [-0.4, -0.2) is 30.5 Å². The lowest BCUT2D eigenvalue weighted by molar-refractivity contribution is -0.134. The van der Waals surface area contributed by atoms with Crippen molar-refractivity contribution in [2.75, 3.05) is 19.7 Å². The van der Waals surface area contributed by atoms with Crippen molar-refractivity contribution in [3.05, 3.63) is 27.7 Å². The normalized spacial score (nSPS) is 15.2. The summed E-state index contributed by atoms with van der Waals surface area (Å²) in [6, 6.07) is 3.91. The fourth-order valence-electron chi connectivity index (χ4n) is 2.53. The number of hydrogen-bond acceptors (Lipinski definition) is 3. The SMILES string of the molecule is Cc1cc(Br)cc(CN)c1OCC(=O)N1CCCCC1. The number of hydrogen-bond donors (Lipinski definition) is 1. The largest absolute Gasteiger partial charge is 0.483 e. The van der Waals surface area contributed by atoms with Gasteiger partial charge in [0.2, 0.25) is 0 Å². The topological polar surface area (TPSA) is 55.6 Å². The minimum absolute atomic E-state index is 0.0648. The van der Waals surface area contributed by atoms with Crippen molar-refractivity contribution < 1.29 is 9.53 Å². The molecular weight excluding hydrogens is 320 g/mol. The zero-order chi connectivity index (χ0) is 14.5. The van der Waals surface area contributed by atoms with Crippen LogP contribution in [0.1, 0.15) is 30.4 Å². The first-order valence-corrected chi connectivity index (χ1v) is 7.81. The summed E-state index contributed by atoms with van der Waals surface area (Å²) in [5.41, 5.74) is 7.65. The molecule has 1 aromatic carbocycles. The second kappa shape index (κ2) is 7.09. The molecule has 1 heterocycles. The second-order valence-corrected chi connectivity index (χ2v) is 6.06. The molecule has 2 rings (SSSR count). The van der Waals surface area contributed by atoms with Crippen molar-refractivity contribution in [3.63, 3.8) is 0 Å². The van der Waals surface area contributed by atoms with Gasteiger partial charge in [-0.15, -0.1) is 0 Å². The van der Waals surface area contributed by atoms with Crippen LogP contribution in [0.15, 0.2) is 16.6 Å². The van der Waals surface area contributed by atoms with Gasteiger partial charge in [-0.2, -0.15) is 0 Å². The summed E-state index contributed by atoms with van der Waals surface area (Å²) >= 11 is 3.44. The molecule has 4 nitrogen and oxygen atoms in total. The summed E-state index contributed by atoms with van der Waals surface area (Å²) < 4.78 is 6.71. The van der Waals surface area contributed by atoms with Gasteiger partial charge < -0.3 is 15.4 Å². The van der Waals surface area contributed by atoms with Crippen LogP contribution in [0, 0.1) is 6.92 Å². The minimum atomic E-state index is 0.0648. The predicted octanol–water partition coefficient (Wildman–Crippen LogP) is 2.61. The monoisotopic (exact) mass is 340 g/mol. The third-order valence-corrected chi connectivity index (χ3v) is 4.04. The first-order valence-electron chi connectivity index (χ1n) is 7.01. The summed E-state index contributed by atoms with van der Waals surface area (Å²) in [6.45, 7) is 4.16. The van der Waals surface area contributed by atoms with Crippen molar-refractivity contribution in [3.8, 4) is 5.75 Å². The number of carbonyl (C=O) groups excluding carboxylic acids is 1. The molecule has 0 radical (unpaired) electrons. The van der Waals surface area contributed by atoms with Gasteiger partial charge in [0.15, 0.2) is 6.61 Å². The maximum absolute atomic E-state index is 12.1. The predicted molar refractivity (Wildman–Crippen MR) is 82.7 cm³/mol. The zero-order valence-corrected chi connectivity index (χ0v) is 13.4. The van der Waals surface area contributed by atoms with Crippen LogP contribution in [0.4, 0.5) is 0 Å². The average molecular weight is 341 g/mol. The third-order valence-electron chi connectivity index (χ3n) is 3.58. The number of aryl methyl sites for hydroxylation is 1. The van der Waals surface area contributed by atoms with E-state index < -0.39 is 0 Å². The van der Waals surface area contributed by atoms with E-state index in [1.165, 1.54) is 6.42 Å². The number of nitrogens with zero attached hydrogens (tertiary/aromatic N) is 1. The molecule has 1 fully saturated rings. The lowest BCUT2D eigenvalue weighted by Crippen LogP contribution is -2.38. The molecule has 1 saturated heterocycles. The summed E-state index contributed by atoms with van der Waals surface area (Å²) in [4.78, 5) is 14.0. The average Bonchev–Trinajstić information content (AvgIpc) is 2.46. The van der Waals surface area contributed by atoms with E-state index in [4.69, 9.17) is 10.5 Å². The molecule has 0 saturated carbocycles. The molecule has 1 amide bonds. The van der Waals surface area contributed by atoms with Gasteiger partial charge in [-0.05, 0) is 43.9 Å². The van der Waals surface area contributed by atoms with E-state index in [2.05, 4.69) is 15.9 Å². The van der Waals surface area contributed by atoms with Gasteiger partial charge in [0.25, 0.3) is 5.91 Å². The number of likely N-dealkylation sites (tertiary alicyclic amines) is 1. The molecule has 0 bridgehead atoms. The van der Waals surface area contributed by atoms with Crippen LogP contribution in [0.3, 0.4) is 0 Å². The molecule has 5 heteroatoms. The quantitative estimate of drug-likeness (QED) is 0.916. The standard InChI is InChI=1S/C15H21BrN2O2/c1-11-7-13(16)8-12(9-17)15(11)20-10-14(19)18-5-3-2-4-6-18/h7-8H,2-6,9-10,17H2,1H3. The number of rotatable bonds is 4. The van der Waals surface area contributed by atoms with Crippen molar-refractivity contribution in [2.24, 2.45) is 5.73 Å². The maximum Gasteiger partial charge on any atom is 0.260 e. The number of amides is 1. The maximum atomic E-state index is 12.1. The number of benzene rings is 1. The molecule has 2 N–H and O–H groups in total. The zero-order valence-electron chi connectivity index (χ0n) is 11.8. The lowest BCUT2D eigenvalue weighted by Gasteiger charge is -2.27. The molecule has 0 atom stereocenters. The third kappa shape index (κ3) is 3.73. The van der Waals surface area contributed by atoms with Gasteiger partial charge in [0, 0.05) is 29.7 Å². The minimum Gasteiger partial charge on any atom is -0.483 e. The van der Waals surface area contributed by atoms with Gasteiger partial charge >= 0.3 is 0 Å². The Hall–Kier alpha value is -1.07. The van der Waals surface area contributed by atoms with E-state index in [1.807, 2.05) is 24.0 Å². The fraction of sp³-hybridized carbons (Fsp3) is 0.533. The number of piperidine rings is 1. The van der Waals surface area contributed by atoms with E-state index >= 15 is 0 Å². The Balaban J connectivity index is 2.01. The summed E-state index contributed by atoms with van der Waals surface area (Å²) in [7, 11) is 0. The van der Waals surface area contributed by atoms with E-state index in [-0.39, 0.29) is 12.5 Å². The molecular formula is C15H21BrN2O2. The van der Waals surface area contributed by atoms with Crippen molar-refractivity contribution in [1.82, 2.24) is 4.90 Å². The number of carbonyl (C=O) groups is 1. The number of ether oxygens (including phenoxy) is 1. The van der Waals surface area contributed by atoms with Gasteiger partial charge in [-0.25, -0.2) is 0 Å². The number of halogens is 1. The van der Waals surface area contributed by atoms with Crippen LogP contribution >= 0.6 is 15.9 Å². The summed E-state index contributed by atoms with van der Waals surface area (Å²) in [5.74, 6) is 0.802. The summed E-state index contributed by atoms with van der Waals surface area (Å²) in [5, 5.41) is 0. The van der Waals surface area contributed by atoms with E-state index in [0.717, 1.165) is 47.3 Å². The first kappa shape index (κ1) is 15.3. The smallest absolute Gasteiger partial charge is 0.260 e. The van der Waals surface area contributed by atoms with Crippen LogP contribution in [-0.2, 0) is 11.3 Å². The Kier molecular flexibility index (Phi) is 5.43. The fourth-order valence-corrected chi connectivity index (χ4v) is 3.15. The Morgan fingerprint density at radius 2 is 2.05 bits per heavy atom. The van der Waals surface area contributed by atoms with Crippen LogP contribution in [0.25, 0.3) is 0 Å². The molecule has 1 aliphatic heterocycles. The lowest BCUT2D eigenvalue weighted by atomic mass is 10.1. The molecule has 20 heavy (non-hydrogen) atoms. The molecule has 0 aromatic heterocycles. The van der Waals surface area contributed by atoms with E-state index in [9.17, 15) is 4.79 Å². The molecule has 0 spiro atoms. The molecule has 1 aromatic rings. The Morgan fingerprint density at radius 3 is 2.70 bits per heavy atom. The summed E-state index contributed by atoms with van der Waals surface area (Å²) in [6.07, 6.45) is 3.40. The highest BCUT2D eigenvalue weighted by atomic mass is 79.9. The molecule has 1 aliphatic rings.